The van der Waals surface area contributed by atoms with Crippen molar-refractivity contribution in [1.82, 2.24) is 0 Å². The second-order valence-electron chi connectivity index (χ2n) is 5.15. The highest BCUT2D eigenvalue weighted by Crippen LogP contribution is 2.26. The molecule has 0 saturated heterocycles. The fourth-order valence-corrected chi connectivity index (χ4v) is 2.26. The molecule has 0 aliphatic rings. The van der Waals surface area contributed by atoms with Gasteiger partial charge in [-0.1, -0.05) is 0 Å². The minimum absolute atomic E-state index is 0.0473. The minimum Gasteiger partial charge on any atom is -0.497 e. The molecule has 8 heteroatoms. The number of carbonyl (C=O) groups excluding carboxylic acids is 1. The van der Waals surface area contributed by atoms with E-state index in [1.165, 1.54) is 14.2 Å². The van der Waals surface area contributed by atoms with Crippen molar-refractivity contribution in [2.45, 2.75) is 12.8 Å². The van der Waals surface area contributed by atoms with Gasteiger partial charge < -0.3 is 14.8 Å². The van der Waals surface area contributed by atoms with Gasteiger partial charge in [0.25, 0.3) is 5.69 Å². The Morgan fingerprint density at radius 1 is 1.20 bits per heavy atom. The minimum atomic E-state index is -0.738. The van der Waals surface area contributed by atoms with Crippen LogP contribution >= 0.6 is 0 Å². The van der Waals surface area contributed by atoms with Gasteiger partial charge in [-0.05, 0) is 36.2 Å². The maximum absolute atomic E-state index is 13.7. The maximum atomic E-state index is 13.7. The highest BCUT2D eigenvalue weighted by atomic mass is 19.1. The Morgan fingerprint density at radius 2 is 1.96 bits per heavy atom. The Bertz CT molecular complexity index is 795. The molecule has 0 aromatic heterocycles. The van der Waals surface area contributed by atoms with Crippen LogP contribution in [0.25, 0.3) is 0 Å². The van der Waals surface area contributed by atoms with Crippen molar-refractivity contribution in [2.24, 2.45) is 0 Å². The Balaban J connectivity index is 2.06. The molecule has 1 amide bonds. The summed E-state index contributed by atoms with van der Waals surface area (Å²) in [5, 5.41) is 13.1. The number of nitrogens with one attached hydrogen (secondary N) is 1. The van der Waals surface area contributed by atoms with Gasteiger partial charge in [-0.3, -0.25) is 14.9 Å². The molecule has 0 spiro atoms. The monoisotopic (exact) mass is 348 g/mol. The van der Waals surface area contributed by atoms with E-state index >= 15 is 0 Å². The van der Waals surface area contributed by atoms with Crippen LogP contribution in [0.2, 0.25) is 0 Å². The molecule has 25 heavy (non-hydrogen) atoms. The number of rotatable bonds is 7. The number of non-ortho nitro benzene ring substituents is 1. The molecular formula is C17H17FN2O5. The summed E-state index contributed by atoms with van der Waals surface area (Å²) in [7, 11) is 3.05. The zero-order valence-electron chi connectivity index (χ0n) is 13.7. The third-order valence-electron chi connectivity index (χ3n) is 3.54. The topological polar surface area (TPSA) is 90.7 Å². The molecular weight excluding hydrogens is 331 g/mol. The largest absolute Gasteiger partial charge is 0.497 e. The number of halogens is 1. The fourth-order valence-electron chi connectivity index (χ4n) is 2.26. The molecule has 0 heterocycles. The van der Waals surface area contributed by atoms with Crippen LogP contribution in [0.3, 0.4) is 0 Å². The van der Waals surface area contributed by atoms with Crippen molar-refractivity contribution < 1.29 is 23.6 Å². The smallest absolute Gasteiger partial charge is 0.271 e. The fraction of sp³-hybridized carbons (Fsp3) is 0.235. The molecule has 0 aliphatic heterocycles. The molecule has 7 nitrogen and oxygen atoms in total. The third-order valence-corrected chi connectivity index (χ3v) is 3.54. The van der Waals surface area contributed by atoms with Crippen molar-refractivity contribution in [3.63, 3.8) is 0 Å². The first-order valence-corrected chi connectivity index (χ1v) is 7.39. The van der Waals surface area contributed by atoms with Crippen molar-refractivity contribution >= 4 is 17.3 Å². The van der Waals surface area contributed by atoms with Gasteiger partial charge >= 0.3 is 0 Å². The van der Waals surface area contributed by atoms with E-state index in [9.17, 15) is 19.3 Å². The third kappa shape index (κ3) is 4.66. The Morgan fingerprint density at radius 3 is 2.60 bits per heavy atom. The number of carbonyl (C=O) groups is 1. The SMILES string of the molecule is COc1ccc(OC)c(CCC(=O)Nc2cc([N+](=O)[O-])ccc2F)c1. The van der Waals surface area contributed by atoms with E-state index < -0.39 is 16.6 Å². The number of ether oxygens (including phenoxy) is 2. The summed E-state index contributed by atoms with van der Waals surface area (Å²) in [5.74, 6) is 0.0262. The molecule has 0 fully saturated rings. The molecule has 2 rings (SSSR count). The lowest BCUT2D eigenvalue weighted by molar-refractivity contribution is -0.384. The molecule has 0 bridgehead atoms. The molecule has 0 aliphatic carbocycles. The molecule has 0 atom stereocenters. The summed E-state index contributed by atoms with van der Waals surface area (Å²) < 4.78 is 24.1. The van der Waals surface area contributed by atoms with Crippen LogP contribution in [-0.2, 0) is 11.2 Å². The van der Waals surface area contributed by atoms with E-state index in [4.69, 9.17) is 9.47 Å². The standard InChI is InChI=1S/C17H17FN2O5/c1-24-13-5-7-16(25-2)11(9-13)3-8-17(21)19-15-10-12(20(22)23)4-6-14(15)18/h4-7,9-10H,3,8H2,1-2H3,(H,19,21). The number of amides is 1. The number of nitrogens with zero attached hydrogens (tertiary/aromatic N) is 1. The number of benzene rings is 2. The van der Waals surface area contributed by atoms with E-state index in [2.05, 4.69) is 5.32 Å². The second-order valence-corrected chi connectivity index (χ2v) is 5.15. The Kier molecular flexibility index (Phi) is 5.89. The first-order chi connectivity index (χ1) is 11.9. The number of anilines is 1. The molecule has 1 N–H and O–H groups in total. The molecule has 132 valence electrons. The average Bonchev–Trinajstić information content (AvgIpc) is 2.61. The number of aryl methyl sites for hydroxylation is 1. The number of hydrogen-bond acceptors (Lipinski definition) is 5. The van der Waals surface area contributed by atoms with Crippen LogP contribution in [0.5, 0.6) is 11.5 Å². The van der Waals surface area contributed by atoms with Crippen LogP contribution in [0, 0.1) is 15.9 Å². The van der Waals surface area contributed by atoms with Crippen LogP contribution in [-0.4, -0.2) is 25.1 Å². The van der Waals surface area contributed by atoms with E-state index in [0.717, 1.165) is 23.8 Å². The van der Waals surface area contributed by atoms with Crippen molar-refractivity contribution in [1.29, 1.82) is 0 Å². The summed E-state index contributed by atoms with van der Waals surface area (Å²) in [5.41, 5.74) is 0.236. The zero-order valence-corrected chi connectivity index (χ0v) is 13.7. The Hall–Kier alpha value is -3.16. The molecule has 0 saturated carbocycles. The van der Waals surface area contributed by atoms with Crippen molar-refractivity contribution in [3.8, 4) is 11.5 Å². The first-order valence-electron chi connectivity index (χ1n) is 7.39. The van der Waals surface area contributed by atoms with Crippen LogP contribution < -0.4 is 14.8 Å². The average molecular weight is 348 g/mol. The summed E-state index contributed by atoms with van der Waals surface area (Å²) in [6.07, 6.45) is 0.383. The maximum Gasteiger partial charge on any atom is 0.271 e. The van der Waals surface area contributed by atoms with Gasteiger partial charge in [0.15, 0.2) is 0 Å². The molecule has 2 aromatic carbocycles. The van der Waals surface area contributed by atoms with Crippen LogP contribution in [0.1, 0.15) is 12.0 Å². The van der Waals surface area contributed by atoms with Gasteiger partial charge in [0.1, 0.15) is 17.3 Å². The predicted octanol–water partition coefficient (Wildman–Crippen LogP) is 3.32. The lowest BCUT2D eigenvalue weighted by Crippen LogP contribution is -2.14. The summed E-state index contributed by atoms with van der Waals surface area (Å²) in [6.45, 7) is 0. The van der Waals surface area contributed by atoms with Crippen LogP contribution in [0.4, 0.5) is 15.8 Å². The van der Waals surface area contributed by atoms with Crippen LogP contribution in [0.15, 0.2) is 36.4 Å². The lowest BCUT2D eigenvalue weighted by Gasteiger charge is -2.11. The van der Waals surface area contributed by atoms with Crippen molar-refractivity contribution in [2.75, 3.05) is 19.5 Å². The van der Waals surface area contributed by atoms with E-state index in [0.29, 0.717) is 17.9 Å². The van der Waals surface area contributed by atoms with Gasteiger partial charge in [0.05, 0.1) is 24.8 Å². The summed E-state index contributed by atoms with van der Waals surface area (Å²) in [4.78, 5) is 22.1. The number of hydrogen-bond donors (Lipinski definition) is 1. The number of nitro benzene ring substituents is 1. The molecule has 2 aromatic rings. The Labute approximate surface area is 143 Å². The van der Waals surface area contributed by atoms with Gasteiger partial charge in [0, 0.05) is 18.6 Å². The number of methoxy groups -OCH3 is 2. The van der Waals surface area contributed by atoms with E-state index in [1.54, 1.807) is 18.2 Å². The van der Waals surface area contributed by atoms with E-state index in [-0.39, 0.29) is 17.8 Å². The highest BCUT2D eigenvalue weighted by molar-refractivity contribution is 5.91. The van der Waals surface area contributed by atoms with E-state index in [1.807, 2.05) is 0 Å². The van der Waals surface area contributed by atoms with Gasteiger partial charge in [-0.15, -0.1) is 0 Å². The summed E-state index contributed by atoms with van der Waals surface area (Å²) in [6, 6.07) is 8.18. The first kappa shape index (κ1) is 18.2. The molecule has 0 radical (unpaired) electrons. The van der Waals surface area contributed by atoms with Gasteiger partial charge in [-0.2, -0.15) is 0 Å². The second kappa shape index (κ2) is 8.09. The molecule has 0 unspecified atom stereocenters. The lowest BCUT2D eigenvalue weighted by atomic mass is 10.1. The highest BCUT2D eigenvalue weighted by Gasteiger charge is 2.14. The zero-order chi connectivity index (χ0) is 18.4. The number of nitro groups is 1. The van der Waals surface area contributed by atoms with Gasteiger partial charge in [0.2, 0.25) is 5.91 Å². The summed E-state index contributed by atoms with van der Waals surface area (Å²) >= 11 is 0. The van der Waals surface area contributed by atoms with Crippen molar-refractivity contribution in [3.05, 3.63) is 57.9 Å². The predicted molar refractivity (Wildman–Crippen MR) is 89.6 cm³/mol. The normalized spacial score (nSPS) is 10.2. The van der Waals surface area contributed by atoms with Gasteiger partial charge in [-0.25, -0.2) is 4.39 Å². The quantitative estimate of drug-likeness (QED) is 0.612.